The summed E-state index contributed by atoms with van der Waals surface area (Å²) in [6.07, 6.45) is 0.918. The molecular formula is C28H27ClN2O3. The Balaban J connectivity index is 1.41. The van der Waals surface area contributed by atoms with Gasteiger partial charge in [0.15, 0.2) is 0 Å². The molecular weight excluding hydrogens is 448 g/mol. The van der Waals surface area contributed by atoms with Crippen LogP contribution in [0.1, 0.15) is 41.6 Å². The Bertz CT molecular complexity index is 1220. The molecule has 0 aromatic heterocycles. The molecule has 0 N–H and O–H groups in total. The number of hydrogen-bond donors (Lipinski definition) is 0. The van der Waals surface area contributed by atoms with Crippen LogP contribution in [0.5, 0.6) is 5.75 Å². The van der Waals surface area contributed by atoms with E-state index in [-0.39, 0.29) is 30.5 Å². The standard InChI is InChI=1S/C28H27ClN2O3/c1-18-25(30-28(34-18)20-11-13-21(33-2)14-12-20)17-26(32)31-16-15-19-7-3-4-8-22(19)27(31)23-9-5-6-10-24(23)29/h3-14,18,25,27H,15-17H2,1-2H3/t18-,25+,27-/m0/s1. The summed E-state index contributed by atoms with van der Waals surface area (Å²) >= 11 is 6.61. The van der Waals surface area contributed by atoms with Gasteiger partial charge in [0.05, 0.1) is 25.6 Å². The van der Waals surface area contributed by atoms with Crippen molar-refractivity contribution in [3.05, 3.63) is 100 Å². The first-order valence-electron chi connectivity index (χ1n) is 11.6. The number of halogens is 1. The number of rotatable bonds is 5. The van der Waals surface area contributed by atoms with Crippen molar-refractivity contribution < 1.29 is 14.3 Å². The summed E-state index contributed by atoms with van der Waals surface area (Å²) in [6, 6.07) is 23.2. The van der Waals surface area contributed by atoms with E-state index in [1.807, 2.05) is 72.5 Å². The number of amides is 1. The van der Waals surface area contributed by atoms with Gasteiger partial charge in [-0.15, -0.1) is 0 Å². The molecule has 6 heteroatoms. The van der Waals surface area contributed by atoms with E-state index >= 15 is 0 Å². The van der Waals surface area contributed by atoms with Gasteiger partial charge in [-0.2, -0.15) is 0 Å². The van der Waals surface area contributed by atoms with Gasteiger partial charge in [0.25, 0.3) is 0 Å². The van der Waals surface area contributed by atoms with Gasteiger partial charge in [-0.1, -0.05) is 54.1 Å². The van der Waals surface area contributed by atoms with E-state index in [0.29, 0.717) is 17.5 Å². The number of carbonyl (C=O) groups excluding carboxylic acids is 1. The van der Waals surface area contributed by atoms with Gasteiger partial charge in [0.1, 0.15) is 11.9 Å². The zero-order chi connectivity index (χ0) is 23.7. The minimum Gasteiger partial charge on any atom is -0.497 e. The average molecular weight is 475 g/mol. The minimum atomic E-state index is -0.242. The maximum absolute atomic E-state index is 13.7. The molecule has 3 atom stereocenters. The Morgan fingerprint density at radius 3 is 2.50 bits per heavy atom. The predicted octanol–water partition coefficient (Wildman–Crippen LogP) is 5.45. The third kappa shape index (κ3) is 4.28. The van der Waals surface area contributed by atoms with Crippen LogP contribution in [-0.2, 0) is 16.0 Å². The van der Waals surface area contributed by atoms with Gasteiger partial charge in [-0.3, -0.25) is 4.79 Å². The van der Waals surface area contributed by atoms with E-state index in [1.54, 1.807) is 7.11 Å². The van der Waals surface area contributed by atoms with E-state index < -0.39 is 0 Å². The van der Waals surface area contributed by atoms with Gasteiger partial charge in [0, 0.05) is 17.1 Å². The lowest BCUT2D eigenvalue weighted by atomic mass is 9.87. The first-order chi connectivity index (χ1) is 16.5. The Kier molecular flexibility index (Phi) is 6.29. The highest BCUT2D eigenvalue weighted by atomic mass is 35.5. The lowest BCUT2D eigenvalue weighted by Gasteiger charge is -2.38. The van der Waals surface area contributed by atoms with Crippen molar-refractivity contribution in [2.24, 2.45) is 4.99 Å². The highest BCUT2D eigenvalue weighted by Crippen LogP contribution is 2.39. The molecule has 34 heavy (non-hydrogen) atoms. The first kappa shape index (κ1) is 22.5. The highest BCUT2D eigenvalue weighted by Gasteiger charge is 2.36. The summed E-state index contributed by atoms with van der Waals surface area (Å²) < 4.78 is 11.3. The second-order valence-electron chi connectivity index (χ2n) is 8.72. The van der Waals surface area contributed by atoms with E-state index in [0.717, 1.165) is 28.9 Å². The first-order valence-corrected chi connectivity index (χ1v) is 11.9. The van der Waals surface area contributed by atoms with Crippen LogP contribution in [0, 0.1) is 0 Å². The minimum absolute atomic E-state index is 0.0552. The number of hydrogen-bond acceptors (Lipinski definition) is 4. The van der Waals surface area contributed by atoms with Crippen molar-refractivity contribution in [3.8, 4) is 5.75 Å². The molecule has 0 aliphatic carbocycles. The summed E-state index contributed by atoms with van der Waals surface area (Å²) in [5.41, 5.74) is 4.22. The molecule has 5 rings (SSSR count). The van der Waals surface area contributed by atoms with E-state index in [2.05, 4.69) is 12.1 Å². The van der Waals surface area contributed by atoms with Crippen LogP contribution in [-0.4, -0.2) is 42.5 Å². The Labute approximate surface area is 205 Å². The molecule has 174 valence electrons. The van der Waals surface area contributed by atoms with E-state index in [9.17, 15) is 4.79 Å². The number of benzene rings is 3. The fraction of sp³-hybridized carbons (Fsp3) is 0.286. The molecule has 3 aromatic rings. The molecule has 0 bridgehead atoms. The Hall–Kier alpha value is -3.31. The van der Waals surface area contributed by atoms with Crippen LogP contribution in [0.2, 0.25) is 5.02 Å². The van der Waals surface area contributed by atoms with Gasteiger partial charge in [0.2, 0.25) is 11.8 Å². The second-order valence-corrected chi connectivity index (χ2v) is 9.12. The van der Waals surface area contributed by atoms with E-state index in [1.165, 1.54) is 5.56 Å². The number of methoxy groups -OCH3 is 1. The quantitative estimate of drug-likeness (QED) is 0.494. The molecule has 1 amide bonds. The Morgan fingerprint density at radius 1 is 1.06 bits per heavy atom. The SMILES string of the molecule is COc1ccc(C2=N[C@H](CC(=O)N3CCc4ccccc4[C@H]3c3ccccc3Cl)[C@H](C)O2)cc1. The topological polar surface area (TPSA) is 51.1 Å². The number of ether oxygens (including phenoxy) is 2. The van der Waals surface area contributed by atoms with Crippen LogP contribution in [0.15, 0.2) is 77.8 Å². The lowest BCUT2D eigenvalue weighted by Crippen LogP contribution is -2.42. The highest BCUT2D eigenvalue weighted by molar-refractivity contribution is 6.31. The largest absolute Gasteiger partial charge is 0.497 e. The van der Waals surface area contributed by atoms with Crippen molar-refractivity contribution in [2.45, 2.75) is 38.0 Å². The molecule has 0 saturated heterocycles. The molecule has 0 radical (unpaired) electrons. The molecule has 3 aromatic carbocycles. The van der Waals surface area contributed by atoms with Crippen molar-refractivity contribution in [1.29, 1.82) is 0 Å². The summed E-state index contributed by atoms with van der Waals surface area (Å²) in [5, 5.41) is 0.666. The number of carbonyl (C=O) groups is 1. The summed E-state index contributed by atoms with van der Waals surface area (Å²) in [5.74, 6) is 1.40. The van der Waals surface area contributed by atoms with Gasteiger partial charge >= 0.3 is 0 Å². The van der Waals surface area contributed by atoms with Crippen molar-refractivity contribution >= 4 is 23.4 Å². The Morgan fingerprint density at radius 2 is 1.76 bits per heavy atom. The van der Waals surface area contributed by atoms with E-state index in [4.69, 9.17) is 26.1 Å². The fourth-order valence-electron chi connectivity index (χ4n) is 4.79. The van der Waals surface area contributed by atoms with Gasteiger partial charge < -0.3 is 14.4 Å². The van der Waals surface area contributed by atoms with Crippen LogP contribution < -0.4 is 4.74 Å². The average Bonchev–Trinajstić information content (AvgIpc) is 3.23. The van der Waals surface area contributed by atoms with Crippen LogP contribution in [0.4, 0.5) is 0 Å². The molecule has 0 spiro atoms. The third-order valence-electron chi connectivity index (χ3n) is 6.65. The molecule has 0 fully saturated rings. The zero-order valence-electron chi connectivity index (χ0n) is 19.3. The van der Waals surface area contributed by atoms with Crippen LogP contribution in [0.3, 0.4) is 0 Å². The number of nitrogens with zero attached hydrogens (tertiary/aromatic N) is 2. The maximum Gasteiger partial charge on any atom is 0.225 e. The van der Waals surface area contributed by atoms with Gasteiger partial charge in [-0.05, 0) is 60.4 Å². The second kappa shape index (κ2) is 9.51. The fourth-order valence-corrected chi connectivity index (χ4v) is 5.03. The number of fused-ring (bicyclic) bond motifs is 1. The smallest absolute Gasteiger partial charge is 0.225 e. The van der Waals surface area contributed by atoms with Crippen molar-refractivity contribution in [1.82, 2.24) is 4.90 Å². The lowest BCUT2D eigenvalue weighted by molar-refractivity contribution is -0.134. The summed E-state index contributed by atoms with van der Waals surface area (Å²) in [4.78, 5) is 20.4. The molecule has 2 aliphatic heterocycles. The zero-order valence-corrected chi connectivity index (χ0v) is 20.0. The van der Waals surface area contributed by atoms with Gasteiger partial charge in [-0.25, -0.2) is 4.99 Å². The molecule has 2 heterocycles. The van der Waals surface area contributed by atoms with Crippen LogP contribution >= 0.6 is 11.6 Å². The summed E-state index contributed by atoms with van der Waals surface area (Å²) in [7, 11) is 1.64. The summed E-state index contributed by atoms with van der Waals surface area (Å²) in [6.45, 7) is 2.61. The molecule has 2 aliphatic rings. The van der Waals surface area contributed by atoms with Crippen LogP contribution in [0.25, 0.3) is 0 Å². The monoisotopic (exact) mass is 474 g/mol. The molecule has 0 saturated carbocycles. The predicted molar refractivity (Wildman–Crippen MR) is 134 cm³/mol. The molecule has 5 nitrogen and oxygen atoms in total. The normalized spacial score (nSPS) is 21.4. The van der Waals surface area contributed by atoms with Crippen molar-refractivity contribution in [3.63, 3.8) is 0 Å². The maximum atomic E-state index is 13.7. The number of aliphatic imine (C=N–C) groups is 1. The third-order valence-corrected chi connectivity index (χ3v) is 6.99. The van der Waals surface area contributed by atoms with Crippen molar-refractivity contribution in [2.75, 3.05) is 13.7 Å². The molecule has 0 unspecified atom stereocenters.